The number of nitrogens with one attached hydrogen (secondary N) is 1. The molecule has 0 aliphatic heterocycles. The maximum Gasteiger partial charge on any atom is 0.235 e. The SMILES string of the molecule is Cc1ccc2c(ccn2CCC(=O)NS(=O)(=O)CCC(C)C)c1. The van der Waals surface area contributed by atoms with Crippen LogP contribution in [0.3, 0.4) is 0 Å². The first kappa shape index (κ1) is 17.5. The van der Waals surface area contributed by atoms with E-state index in [0.717, 1.165) is 10.9 Å². The number of benzene rings is 1. The second-order valence-electron chi connectivity index (χ2n) is 6.35. The van der Waals surface area contributed by atoms with E-state index in [1.165, 1.54) is 5.56 Å². The first-order chi connectivity index (χ1) is 10.8. The van der Waals surface area contributed by atoms with Crippen molar-refractivity contribution in [1.82, 2.24) is 9.29 Å². The number of carbonyl (C=O) groups excluding carboxylic acids is 1. The van der Waals surface area contributed by atoms with Crippen molar-refractivity contribution in [2.45, 2.75) is 40.2 Å². The summed E-state index contributed by atoms with van der Waals surface area (Å²) < 4.78 is 27.8. The van der Waals surface area contributed by atoms with E-state index in [0.29, 0.717) is 13.0 Å². The third kappa shape index (κ3) is 5.10. The molecule has 0 bridgehead atoms. The predicted molar refractivity (Wildman–Crippen MR) is 92.7 cm³/mol. The standard InChI is InChI=1S/C17H24N2O3S/c1-13(2)8-11-23(21,22)18-17(20)7-10-19-9-6-15-12-14(3)4-5-16(15)19/h4-6,9,12-13H,7-8,10-11H2,1-3H3,(H,18,20). The minimum absolute atomic E-state index is 0.0118. The van der Waals surface area contributed by atoms with Gasteiger partial charge in [0, 0.05) is 24.7 Å². The van der Waals surface area contributed by atoms with Crippen LogP contribution in [0.15, 0.2) is 30.5 Å². The van der Waals surface area contributed by atoms with Gasteiger partial charge in [-0.15, -0.1) is 0 Å². The highest BCUT2D eigenvalue weighted by Crippen LogP contribution is 2.17. The normalized spacial score (nSPS) is 12.0. The molecule has 0 unspecified atom stereocenters. The van der Waals surface area contributed by atoms with Crippen LogP contribution in [0.1, 0.15) is 32.3 Å². The number of fused-ring (bicyclic) bond motifs is 1. The molecule has 1 aromatic heterocycles. The van der Waals surface area contributed by atoms with Gasteiger partial charge in [0.25, 0.3) is 0 Å². The smallest absolute Gasteiger partial charge is 0.235 e. The highest BCUT2D eigenvalue weighted by molar-refractivity contribution is 7.90. The molecule has 2 aromatic rings. The molecule has 0 radical (unpaired) electrons. The lowest BCUT2D eigenvalue weighted by atomic mass is 10.2. The average Bonchev–Trinajstić information content (AvgIpc) is 2.85. The fourth-order valence-corrected chi connectivity index (χ4v) is 3.74. The molecule has 1 N–H and O–H groups in total. The Bertz CT molecular complexity index is 791. The number of hydrogen-bond acceptors (Lipinski definition) is 3. The van der Waals surface area contributed by atoms with E-state index in [2.05, 4.69) is 10.8 Å². The van der Waals surface area contributed by atoms with Gasteiger partial charge in [0.05, 0.1) is 5.75 Å². The molecule has 5 nitrogen and oxygen atoms in total. The van der Waals surface area contributed by atoms with Gasteiger partial charge < -0.3 is 4.57 Å². The molecule has 2 rings (SSSR count). The van der Waals surface area contributed by atoms with Gasteiger partial charge >= 0.3 is 0 Å². The molecular weight excluding hydrogens is 312 g/mol. The number of aryl methyl sites for hydroxylation is 2. The van der Waals surface area contributed by atoms with Gasteiger partial charge in [0.1, 0.15) is 0 Å². The fourth-order valence-electron chi connectivity index (χ4n) is 2.40. The van der Waals surface area contributed by atoms with Gasteiger partial charge in [0.15, 0.2) is 0 Å². The van der Waals surface area contributed by atoms with Crippen LogP contribution in [-0.4, -0.2) is 24.6 Å². The summed E-state index contributed by atoms with van der Waals surface area (Å²) in [6, 6.07) is 8.12. The van der Waals surface area contributed by atoms with Crippen molar-refractivity contribution in [3.63, 3.8) is 0 Å². The molecule has 0 aliphatic rings. The molecule has 0 fully saturated rings. The minimum Gasteiger partial charge on any atom is -0.347 e. The monoisotopic (exact) mass is 336 g/mol. The van der Waals surface area contributed by atoms with Crippen molar-refractivity contribution in [1.29, 1.82) is 0 Å². The molecule has 126 valence electrons. The Morgan fingerprint density at radius 3 is 2.70 bits per heavy atom. The number of nitrogens with zero attached hydrogens (tertiary/aromatic N) is 1. The summed E-state index contributed by atoms with van der Waals surface area (Å²) in [6.07, 6.45) is 2.60. The lowest BCUT2D eigenvalue weighted by Gasteiger charge is -2.09. The summed E-state index contributed by atoms with van der Waals surface area (Å²) in [4.78, 5) is 11.9. The summed E-state index contributed by atoms with van der Waals surface area (Å²) >= 11 is 0. The van der Waals surface area contributed by atoms with Crippen LogP contribution >= 0.6 is 0 Å². The van der Waals surface area contributed by atoms with Gasteiger partial charge in [-0.1, -0.05) is 25.5 Å². The first-order valence-corrected chi connectivity index (χ1v) is 9.51. The molecule has 0 saturated carbocycles. The van der Waals surface area contributed by atoms with E-state index in [1.54, 1.807) is 0 Å². The summed E-state index contributed by atoms with van der Waals surface area (Å²) in [7, 11) is -3.52. The minimum atomic E-state index is -3.52. The molecule has 0 atom stereocenters. The zero-order valence-electron chi connectivity index (χ0n) is 13.9. The molecule has 6 heteroatoms. The molecule has 1 heterocycles. The Morgan fingerprint density at radius 2 is 2.00 bits per heavy atom. The van der Waals surface area contributed by atoms with E-state index in [4.69, 9.17) is 0 Å². The maximum atomic E-state index is 11.9. The van der Waals surface area contributed by atoms with Crippen molar-refractivity contribution in [2.75, 3.05) is 5.75 Å². The lowest BCUT2D eigenvalue weighted by Crippen LogP contribution is -2.33. The van der Waals surface area contributed by atoms with Crippen LogP contribution in [0.4, 0.5) is 0 Å². The van der Waals surface area contributed by atoms with Crippen LogP contribution in [0.5, 0.6) is 0 Å². The number of sulfonamides is 1. The second kappa shape index (κ2) is 7.17. The van der Waals surface area contributed by atoms with Gasteiger partial charge in [-0.05, 0) is 42.8 Å². The third-order valence-electron chi connectivity index (χ3n) is 3.74. The van der Waals surface area contributed by atoms with Crippen molar-refractivity contribution in [3.05, 3.63) is 36.0 Å². The maximum absolute atomic E-state index is 11.9. The zero-order chi connectivity index (χ0) is 17.0. The van der Waals surface area contributed by atoms with Crippen molar-refractivity contribution >= 4 is 26.8 Å². The largest absolute Gasteiger partial charge is 0.347 e. The van der Waals surface area contributed by atoms with E-state index in [-0.39, 0.29) is 18.1 Å². The summed E-state index contributed by atoms with van der Waals surface area (Å²) in [5, 5.41) is 1.12. The van der Waals surface area contributed by atoms with Crippen molar-refractivity contribution < 1.29 is 13.2 Å². The highest BCUT2D eigenvalue weighted by atomic mass is 32.2. The van der Waals surface area contributed by atoms with Crippen molar-refractivity contribution in [2.24, 2.45) is 5.92 Å². The number of carbonyl (C=O) groups is 1. The molecule has 0 aliphatic carbocycles. The van der Waals surface area contributed by atoms with E-state index < -0.39 is 15.9 Å². The molecule has 23 heavy (non-hydrogen) atoms. The zero-order valence-corrected chi connectivity index (χ0v) is 14.7. The van der Waals surface area contributed by atoms with Gasteiger partial charge in [0.2, 0.25) is 15.9 Å². The fraction of sp³-hybridized carbons (Fsp3) is 0.471. The van der Waals surface area contributed by atoms with Gasteiger partial charge in [-0.25, -0.2) is 8.42 Å². The van der Waals surface area contributed by atoms with Crippen LogP contribution < -0.4 is 4.72 Å². The number of hydrogen-bond donors (Lipinski definition) is 1. The summed E-state index contributed by atoms with van der Waals surface area (Å²) in [5.74, 6) is -0.179. The Labute approximate surface area is 137 Å². The topological polar surface area (TPSA) is 68.2 Å². The van der Waals surface area contributed by atoms with Crippen LogP contribution in [0, 0.1) is 12.8 Å². The summed E-state index contributed by atoms with van der Waals surface area (Å²) in [6.45, 7) is 6.40. The van der Waals surface area contributed by atoms with Crippen LogP contribution in [-0.2, 0) is 21.4 Å². The van der Waals surface area contributed by atoms with Gasteiger partial charge in [-0.3, -0.25) is 9.52 Å². The molecule has 0 saturated heterocycles. The molecule has 0 spiro atoms. The van der Waals surface area contributed by atoms with Crippen LogP contribution in [0.2, 0.25) is 0 Å². The lowest BCUT2D eigenvalue weighted by molar-refractivity contribution is -0.119. The summed E-state index contributed by atoms with van der Waals surface area (Å²) in [5.41, 5.74) is 2.23. The third-order valence-corrected chi connectivity index (χ3v) is 5.05. The van der Waals surface area contributed by atoms with Gasteiger partial charge in [-0.2, -0.15) is 0 Å². The Hall–Kier alpha value is -1.82. The molecular formula is C17H24N2O3S. The Kier molecular flexibility index (Phi) is 5.46. The van der Waals surface area contributed by atoms with E-state index in [9.17, 15) is 13.2 Å². The van der Waals surface area contributed by atoms with Crippen molar-refractivity contribution in [3.8, 4) is 0 Å². The van der Waals surface area contributed by atoms with E-state index in [1.807, 2.05) is 49.7 Å². The number of rotatable bonds is 7. The number of amides is 1. The highest BCUT2D eigenvalue weighted by Gasteiger charge is 2.15. The predicted octanol–water partition coefficient (Wildman–Crippen LogP) is 2.83. The van der Waals surface area contributed by atoms with E-state index >= 15 is 0 Å². The Morgan fingerprint density at radius 1 is 1.26 bits per heavy atom. The first-order valence-electron chi connectivity index (χ1n) is 7.85. The quantitative estimate of drug-likeness (QED) is 0.845. The average molecular weight is 336 g/mol. The van der Waals surface area contributed by atoms with Crippen LogP contribution in [0.25, 0.3) is 10.9 Å². The number of aromatic nitrogens is 1. The molecule has 1 amide bonds. The molecule has 1 aromatic carbocycles. The Balaban J connectivity index is 1.93. The second-order valence-corrected chi connectivity index (χ2v) is 8.19.